The van der Waals surface area contributed by atoms with Crippen LogP contribution in [-0.4, -0.2) is 87.3 Å². The van der Waals surface area contributed by atoms with Crippen LogP contribution in [0.15, 0.2) is 11.9 Å². The second-order valence-electron chi connectivity index (χ2n) is 4.89. The Kier molecular flexibility index (Phi) is 7.20. The Balaban J connectivity index is 0.00000180. The lowest BCUT2D eigenvalue weighted by Crippen LogP contribution is -3.00. The third-order valence-electron chi connectivity index (χ3n) is 3.13. The van der Waals surface area contributed by atoms with E-state index in [2.05, 4.69) is 40.9 Å². The molecule has 2 aliphatic rings. The maximum Gasteiger partial charge on any atom is 0.188 e. The van der Waals surface area contributed by atoms with Gasteiger partial charge in [0.15, 0.2) is 6.21 Å². The van der Waals surface area contributed by atoms with E-state index in [4.69, 9.17) is 9.47 Å². The van der Waals surface area contributed by atoms with Gasteiger partial charge in [-0.15, -0.1) is 0 Å². The second-order valence-corrected chi connectivity index (χ2v) is 4.89. The molecule has 0 radical (unpaired) electrons. The van der Waals surface area contributed by atoms with Gasteiger partial charge < -0.3 is 31.7 Å². The van der Waals surface area contributed by atoms with Gasteiger partial charge in [0.1, 0.15) is 19.8 Å². The van der Waals surface area contributed by atoms with Crippen molar-refractivity contribution in [2.45, 2.75) is 0 Å². The zero-order valence-electron chi connectivity index (χ0n) is 11.8. The molecule has 0 bridgehead atoms. The van der Waals surface area contributed by atoms with Gasteiger partial charge in [-0.3, -0.25) is 0 Å². The van der Waals surface area contributed by atoms with Gasteiger partial charge in [0, 0.05) is 32.4 Å². The second kappa shape index (κ2) is 8.40. The van der Waals surface area contributed by atoms with Crippen LogP contribution in [0.1, 0.15) is 0 Å². The Morgan fingerprint density at radius 2 is 1.47 bits per heavy atom. The largest absolute Gasteiger partial charge is 1.00 e. The highest BCUT2D eigenvalue weighted by molar-refractivity contribution is 5.73. The molecule has 2 aliphatic heterocycles. The first-order valence-electron chi connectivity index (χ1n) is 6.63. The fourth-order valence-corrected chi connectivity index (χ4v) is 2.18. The first-order chi connectivity index (χ1) is 8.75. The molecule has 2 fully saturated rings. The van der Waals surface area contributed by atoms with E-state index < -0.39 is 0 Å². The quantitative estimate of drug-likeness (QED) is 0.405. The van der Waals surface area contributed by atoms with Gasteiger partial charge in [0.25, 0.3) is 0 Å². The first-order valence-corrected chi connectivity index (χ1v) is 6.63. The number of ether oxygens (including phenoxy) is 2. The van der Waals surface area contributed by atoms with E-state index in [9.17, 15) is 0 Å². The van der Waals surface area contributed by atoms with Gasteiger partial charge in [0.2, 0.25) is 0 Å². The van der Waals surface area contributed by atoms with Crippen LogP contribution < -0.4 is 12.4 Å². The summed E-state index contributed by atoms with van der Waals surface area (Å²) in [5.41, 5.74) is 1.27. The molecular formula is C13H24ClN3O2. The minimum absolute atomic E-state index is 0. The molecule has 110 valence electrons. The summed E-state index contributed by atoms with van der Waals surface area (Å²) in [7, 11) is 4.13. The highest BCUT2D eigenvalue weighted by Crippen LogP contribution is 2.08. The summed E-state index contributed by atoms with van der Waals surface area (Å²) in [6.45, 7) is 7.21. The number of nitrogens with zero attached hydrogens (tertiary/aromatic N) is 3. The number of allylic oxidation sites excluding steroid dienone is 1. The van der Waals surface area contributed by atoms with E-state index >= 15 is 0 Å². The zero-order chi connectivity index (χ0) is 12.8. The molecule has 0 atom stereocenters. The molecule has 0 amide bonds. The van der Waals surface area contributed by atoms with Gasteiger partial charge in [-0.1, -0.05) is 0 Å². The van der Waals surface area contributed by atoms with E-state index in [1.165, 1.54) is 5.70 Å². The molecule has 0 aromatic heterocycles. The van der Waals surface area contributed by atoms with E-state index in [1.807, 2.05) is 0 Å². The highest BCUT2D eigenvalue weighted by atomic mass is 35.5. The Bertz CT molecular complexity index is 318. The molecule has 0 aromatic rings. The molecule has 2 heterocycles. The molecule has 0 saturated carbocycles. The van der Waals surface area contributed by atoms with Gasteiger partial charge >= 0.3 is 0 Å². The van der Waals surface area contributed by atoms with Crippen molar-refractivity contribution >= 4 is 6.21 Å². The molecule has 5 nitrogen and oxygen atoms in total. The van der Waals surface area contributed by atoms with Crippen LogP contribution in [0.2, 0.25) is 0 Å². The lowest BCUT2D eigenvalue weighted by Gasteiger charge is -2.31. The summed E-state index contributed by atoms with van der Waals surface area (Å²) >= 11 is 0. The number of morpholine rings is 2. The summed E-state index contributed by atoms with van der Waals surface area (Å²) < 4.78 is 12.9. The number of hydrogen-bond acceptors (Lipinski definition) is 4. The molecule has 0 spiro atoms. The Morgan fingerprint density at radius 1 is 0.947 bits per heavy atom. The van der Waals surface area contributed by atoms with Gasteiger partial charge in [-0.25, -0.2) is 4.58 Å². The van der Waals surface area contributed by atoms with Crippen LogP contribution in [-0.2, 0) is 9.47 Å². The molecule has 0 unspecified atom stereocenters. The molecule has 2 saturated heterocycles. The summed E-state index contributed by atoms with van der Waals surface area (Å²) in [6.07, 6.45) is 4.44. The number of halogens is 1. The van der Waals surface area contributed by atoms with Crippen LogP contribution in [0.3, 0.4) is 0 Å². The third-order valence-corrected chi connectivity index (χ3v) is 3.13. The van der Waals surface area contributed by atoms with Gasteiger partial charge in [-0.05, 0) is 0 Å². The SMILES string of the molecule is C[N+](C)=C/C(=C/N1CCOCC1)N1CCOCC1.[Cl-]. The fraction of sp³-hybridized carbons (Fsp3) is 0.769. The zero-order valence-corrected chi connectivity index (χ0v) is 12.6. The van der Waals surface area contributed by atoms with E-state index in [-0.39, 0.29) is 12.4 Å². The molecule has 19 heavy (non-hydrogen) atoms. The first kappa shape index (κ1) is 16.3. The average Bonchev–Trinajstić information content (AvgIpc) is 2.40. The smallest absolute Gasteiger partial charge is 0.188 e. The predicted molar refractivity (Wildman–Crippen MR) is 71.0 cm³/mol. The molecule has 2 rings (SSSR count). The van der Waals surface area contributed by atoms with Crippen molar-refractivity contribution in [1.82, 2.24) is 9.80 Å². The van der Waals surface area contributed by atoms with Crippen molar-refractivity contribution in [3.63, 3.8) is 0 Å². The van der Waals surface area contributed by atoms with Crippen molar-refractivity contribution in [2.24, 2.45) is 0 Å². The monoisotopic (exact) mass is 289 g/mol. The van der Waals surface area contributed by atoms with Crippen LogP contribution in [0.5, 0.6) is 0 Å². The van der Waals surface area contributed by atoms with E-state index in [0.717, 1.165) is 52.6 Å². The molecule has 6 heteroatoms. The molecule has 0 aliphatic carbocycles. The summed E-state index contributed by atoms with van der Waals surface area (Å²) in [4.78, 5) is 4.73. The van der Waals surface area contributed by atoms with E-state index in [1.54, 1.807) is 0 Å². The van der Waals surface area contributed by atoms with Crippen LogP contribution in [0, 0.1) is 0 Å². The maximum atomic E-state index is 5.41. The van der Waals surface area contributed by atoms with Crippen molar-refractivity contribution in [3.8, 4) is 0 Å². The summed E-state index contributed by atoms with van der Waals surface area (Å²) in [6, 6.07) is 0. The number of hydrogen-bond donors (Lipinski definition) is 0. The lowest BCUT2D eigenvalue weighted by molar-refractivity contribution is -0.459. The van der Waals surface area contributed by atoms with Crippen molar-refractivity contribution in [2.75, 3.05) is 66.7 Å². The Hall–Kier alpha value is -0.780. The van der Waals surface area contributed by atoms with Gasteiger partial charge in [-0.2, -0.15) is 0 Å². The minimum atomic E-state index is 0. The van der Waals surface area contributed by atoms with Crippen LogP contribution in [0.4, 0.5) is 0 Å². The van der Waals surface area contributed by atoms with E-state index in [0.29, 0.717) is 0 Å². The fourth-order valence-electron chi connectivity index (χ4n) is 2.18. The third kappa shape index (κ3) is 5.38. The predicted octanol–water partition coefficient (Wildman–Crippen LogP) is -3.16. The van der Waals surface area contributed by atoms with Crippen molar-refractivity contribution < 1.29 is 26.5 Å². The molecule has 0 N–H and O–H groups in total. The standard InChI is InChI=1S/C13H24N3O2.ClH/c1-14(2)11-13(16-5-9-18-10-6-16)12-15-3-7-17-8-4-15;/h11-12H,3-10H2,1-2H3;1H/q+1;/p-1. The average molecular weight is 290 g/mol. The molecular weight excluding hydrogens is 266 g/mol. The topological polar surface area (TPSA) is 27.9 Å². The Labute approximate surface area is 121 Å². The Morgan fingerprint density at radius 3 is 2.00 bits per heavy atom. The highest BCUT2D eigenvalue weighted by Gasteiger charge is 2.16. The van der Waals surface area contributed by atoms with Crippen molar-refractivity contribution in [1.29, 1.82) is 0 Å². The summed E-state index contributed by atoms with van der Waals surface area (Å²) in [5, 5.41) is 0. The normalized spacial score (nSPS) is 20.8. The van der Waals surface area contributed by atoms with Gasteiger partial charge in [0.05, 0.1) is 26.4 Å². The minimum Gasteiger partial charge on any atom is -1.00 e. The van der Waals surface area contributed by atoms with Crippen molar-refractivity contribution in [3.05, 3.63) is 11.9 Å². The lowest BCUT2D eigenvalue weighted by atomic mass is 10.3. The number of rotatable bonds is 3. The van der Waals surface area contributed by atoms with Crippen LogP contribution >= 0.6 is 0 Å². The maximum absolute atomic E-state index is 5.41. The summed E-state index contributed by atoms with van der Waals surface area (Å²) in [5.74, 6) is 0. The van der Waals surface area contributed by atoms with Crippen LogP contribution in [0.25, 0.3) is 0 Å². The molecule has 0 aromatic carbocycles.